The third-order valence-electron chi connectivity index (χ3n) is 2.21. The van der Waals surface area contributed by atoms with E-state index in [4.69, 9.17) is 9.84 Å². The Bertz CT molecular complexity index is 116. The summed E-state index contributed by atoms with van der Waals surface area (Å²) in [5, 5.41) is 17.8. The van der Waals surface area contributed by atoms with Gasteiger partial charge < -0.3 is 14.9 Å². The lowest BCUT2D eigenvalue weighted by Gasteiger charge is -2.16. The van der Waals surface area contributed by atoms with Crippen LogP contribution in [0.4, 0.5) is 0 Å². The molecule has 0 bridgehead atoms. The molecule has 11 heavy (non-hydrogen) atoms. The molecule has 0 aliphatic carbocycles. The highest BCUT2D eigenvalue weighted by atomic mass is 16.5. The van der Waals surface area contributed by atoms with Gasteiger partial charge in [-0.15, -0.1) is 0 Å². The zero-order chi connectivity index (χ0) is 8.27. The predicted molar refractivity (Wildman–Crippen MR) is 41.3 cm³/mol. The van der Waals surface area contributed by atoms with E-state index in [2.05, 4.69) is 6.92 Å². The molecule has 2 N–H and O–H groups in total. The molecule has 0 aromatic rings. The number of ether oxygens (including phenoxy) is 1. The fraction of sp³-hybridized carbons (Fsp3) is 1.00. The van der Waals surface area contributed by atoms with E-state index in [1.165, 1.54) is 0 Å². The molecule has 1 aliphatic heterocycles. The monoisotopic (exact) mass is 160 g/mol. The van der Waals surface area contributed by atoms with E-state index in [-0.39, 0.29) is 12.7 Å². The molecule has 0 radical (unpaired) electrons. The van der Waals surface area contributed by atoms with Crippen molar-refractivity contribution < 1.29 is 14.9 Å². The first-order chi connectivity index (χ1) is 5.27. The van der Waals surface area contributed by atoms with Gasteiger partial charge >= 0.3 is 0 Å². The lowest BCUT2D eigenvalue weighted by molar-refractivity contribution is -0.0539. The van der Waals surface area contributed by atoms with Gasteiger partial charge in [0.2, 0.25) is 0 Å². The summed E-state index contributed by atoms with van der Waals surface area (Å²) in [4.78, 5) is 0. The molecule has 3 atom stereocenters. The van der Waals surface area contributed by atoms with Crippen LogP contribution in [0.1, 0.15) is 26.2 Å². The van der Waals surface area contributed by atoms with Crippen LogP contribution in [0.2, 0.25) is 0 Å². The molecule has 1 fully saturated rings. The normalized spacial score (nSPS) is 34.1. The number of aliphatic hydroxyl groups excluding tert-OH is 2. The fourth-order valence-electron chi connectivity index (χ4n) is 1.43. The van der Waals surface area contributed by atoms with Gasteiger partial charge in [-0.1, -0.05) is 6.92 Å². The van der Waals surface area contributed by atoms with Crippen molar-refractivity contribution in [2.45, 2.75) is 44.5 Å². The molecule has 0 unspecified atom stereocenters. The molecule has 1 saturated heterocycles. The maximum Gasteiger partial charge on any atom is 0.103 e. The molecular weight excluding hydrogens is 144 g/mol. The number of hydrogen-bond donors (Lipinski definition) is 2. The summed E-state index contributed by atoms with van der Waals surface area (Å²) in [7, 11) is 0. The zero-order valence-corrected chi connectivity index (χ0v) is 6.86. The first-order valence-electron chi connectivity index (χ1n) is 4.22. The minimum atomic E-state index is -0.688. The molecule has 3 heteroatoms. The van der Waals surface area contributed by atoms with E-state index in [1.54, 1.807) is 0 Å². The van der Waals surface area contributed by atoms with Gasteiger partial charge in [-0.25, -0.2) is 0 Å². The van der Waals surface area contributed by atoms with Crippen LogP contribution in [-0.4, -0.2) is 35.1 Å². The van der Waals surface area contributed by atoms with E-state index in [0.29, 0.717) is 6.10 Å². The predicted octanol–water partition coefficient (Wildman–Crippen LogP) is 0.297. The molecule has 0 aromatic heterocycles. The van der Waals surface area contributed by atoms with Gasteiger partial charge in [-0.2, -0.15) is 0 Å². The van der Waals surface area contributed by atoms with Crippen molar-refractivity contribution in [3.63, 3.8) is 0 Å². The van der Waals surface area contributed by atoms with Crippen molar-refractivity contribution >= 4 is 0 Å². The van der Waals surface area contributed by atoms with E-state index >= 15 is 0 Å². The Morgan fingerprint density at radius 1 is 1.55 bits per heavy atom. The summed E-state index contributed by atoms with van der Waals surface area (Å²) in [6.07, 6.45) is 2.35. The summed E-state index contributed by atoms with van der Waals surface area (Å²) in [6, 6.07) is 0. The van der Waals surface area contributed by atoms with E-state index in [0.717, 1.165) is 19.3 Å². The smallest absolute Gasteiger partial charge is 0.103 e. The average Bonchev–Trinajstić information content (AvgIpc) is 2.50. The third kappa shape index (κ3) is 2.15. The van der Waals surface area contributed by atoms with Crippen molar-refractivity contribution in [3.05, 3.63) is 0 Å². The van der Waals surface area contributed by atoms with Crippen molar-refractivity contribution in [2.75, 3.05) is 6.61 Å². The number of aliphatic hydroxyl groups is 2. The van der Waals surface area contributed by atoms with Crippen LogP contribution in [0.15, 0.2) is 0 Å². The maximum absolute atomic E-state index is 9.20. The molecule has 1 heterocycles. The molecule has 0 spiro atoms. The second-order valence-electron chi connectivity index (χ2n) is 3.03. The highest BCUT2D eigenvalue weighted by molar-refractivity contribution is 4.77. The molecular formula is C8H16O3. The molecule has 66 valence electrons. The second kappa shape index (κ2) is 4.04. The Morgan fingerprint density at radius 3 is 2.73 bits per heavy atom. The van der Waals surface area contributed by atoms with Crippen LogP contribution in [0.25, 0.3) is 0 Å². The van der Waals surface area contributed by atoms with Gasteiger partial charge in [-0.3, -0.25) is 0 Å². The molecule has 3 nitrogen and oxygen atoms in total. The summed E-state index contributed by atoms with van der Waals surface area (Å²) < 4.78 is 5.45. The number of rotatable bonds is 3. The zero-order valence-electron chi connectivity index (χ0n) is 6.86. The topological polar surface area (TPSA) is 49.7 Å². The quantitative estimate of drug-likeness (QED) is 0.624. The van der Waals surface area contributed by atoms with Gasteiger partial charge in [0.1, 0.15) is 6.10 Å². The van der Waals surface area contributed by atoms with Crippen LogP contribution in [0.5, 0.6) is 0 Å². The Kier molecular flexibility index (Phi) is 3.30. The SMILES string of the molecule is CC[C@H]1CC[C@H]([C@@H](O)CO)O1. The van der Waals surface area contributed by atoms with E-state index in [1.807, 2.05) is 0 Å². The van der Waals surface area contributed by atoms with Crippen LogP contribution in [0.3, 0.4) is 0 Å². The van der Waals surface area contributed by atoms with Crippen LogP contribution >= 0.6 is 0 Å². The second-order valence-corrected chi connectivity index (χ2v) is 3.03. The molecule has 1 rings (SSSR count). The van der Waals surface area contributed by atoms with Gasteiger partial charge in [-0.05, 0) is 19.3 Å². The summed E-state index contributed by atoms with van der Waals surface area (Å²) in [5.74, 6) is 0. The molecule has 0 amide bonds. The Morgan fingerprint density at radius 2 is 2.27 bits per heavy atom. The lowest BCUT2D eigenvalue weighted by atomic mass is 10.1. The Hall–Kier alpha value is -0.120. The summed E-state index contributed by atoms with van der Waals surface area (Å²) in [5.41, 5.74) is 0. The van der Waals surface area contributed by atoms with Crippen molar-refractivity contribution in [2.24, 2.45) is 0 Å². The van der Waals surface area contributed by atoms with Gasteiger partial charge in [0, 0.05) is 0 Å². The minimum absolute atomic E-state index is 0.134. The third-order valence-corrected chi connectivity index (χ3v) is 2.21. The summed E-state index contributed by atoms with van der Waals surface area (Å²) >= 11 is 0. The van der Waals surface area contributed by atoms with Gasteiger partial charge in [0.05, 0.1) is 18.8 Å². The van der Waals surface area contributed by atoms with Crippen molar-refractivity contribution in [1.82, 2.24) is 0 Å². The average molecular weight is 160 g/mol. The van der Waals surface area contributed by atoms with Crippen LogP contribution in [-0.2, 0) is 4.74 Å². The van der Waals surface area contributed by atoms with Crippen LogP contribution in [0, 0.1) is 0 Å². The van der Waals surface area contributed by atoms with Crippen molar-refractivity contribution in [1.29, 1.82) is 0 Å². The van der Waals surface area contributed by atoms with Gasteiger partial charge in [0.15, 0.2) is 0 Å². The minimum Gasteiger partial charge on any atom is -0.394 e. The van der Waals surface area contributed by atoms with E-state index in [9.17, 15) is 5.11 Å². The molecule has 1 aliphatic rings. The Labute approximate surface area is 67.0 Å². The maximum atomic E-state index is 9.20. The first-order valence-corrected chi connectivity index (χ1v) is 4.22. The van der Waals surface area contributed by atoms with E-state index < -0.39 is 6.10 Å². The standard InChI is InChI=1S/C8H16O3/c1-2-6-3-4-8(11-6)7(10)5-9/h6-10H,2-5H2,1H3/t6-,7-,8+/m0/s1. The summed E-state index contributed by atoms with van der Waals surface area (Å²) in [6.45, 7) is 1.87. The number of hydrogen-bond acceptors (Lipinski definition) is 3. The fourth-order valence-corrected chi connectivity index (χ4v) is 1.43. The van der Waals surface area contributed by atoms with Crippen LogP contribution < -0.4 is 0 Å². The van der Waals surface area contributed by atoms with Crippen molar-refractivity contribution in [3.8, 4) is 0 Å². The largest absolute Gasteiger partial charge is 0.394 e. The Balaban J connectivity index is 2.29. The first kappa shape index (κ1) is 8.97. The lowest BCUT2D eigenvalue weighted by Crippen LogP contribution is -2.29. The molecule has 0 saturated carbocycles. The highest BCUT2D eigenvalue weighted by Gasteiger charge is 2.28. The van der Waals surface area contributed by atoms with Gasteiger partial charge in [0.25, 0.3) is 0 Å². The molecule has 0 aromatic carbocycles. The highest BCUT2D eigenvalue weighted by Crippen LogP contribution is 2.23.